The molecule has 0 aromatic rings. The summed E-state index contributed by atoms with van der Waals surface area (Å²) in [5, 5.41) is 9.05. The fourth-order valence-corrected chi connectivity index (χ4v) is 1.87. The van der Waals surface area contributed by atoms with Crippen LogP contribution in [0.1, 0.15) is 71.1 Å². The van der Waals surface area contributed by atoms with Crippen LogP contribution in [-0.4, -0.2) is 23.3 Å². The highest BCUT2D eigenvalue weighted by Gasteiger charge is 2.12. The molecule has 6 heteroatoms. The van der Waals surface area contributed by atoms with Gasteiger partial charge in [0.2, 0.25) is 0 Å². The molecule has 0 heterocycles. The second-order valence-corrected chi connectivity index (χ2v) is 4.88. The molecule has 0 saturated heterocycles. The monoisotopic (exact) mass is 287 g/mol. The van der Waals surface area contributed by atoms with Crippen molar-refractivity contribution in [1.29, 1.82) is 0 Å². The van der Waals surface area contributed by atoms with Gasteiger partial charge in [-0.05, 0) is 19.3 Å². The van der Waals surface area contributed by atoms with Gasteiger partial charge in [0.25, 0.3) is 5.09 Å². The summed E-state index contributed by atoms with van der Waals surface area (Å²) in [5.74, 6) is -0.585. The lowest BCUT2D eigenvalue weighted by Gasteiger charge is -2.02. The minimum Gasteiger partial charge on any atom is -0.314 e. The van der Waals surface area contributed by atoms with Gasteiger partial charge in [-0.15, -0.1) is 10.1 Å². The van der Waals surface area contributed by atoms with E-state index >= 15 is 0 Å². The Morgan fingerprint density at radius 1 is 0.900 bits per heavy atom. The molecule has 0 aromatic heterocycles. The van der Waals surface area contributed by atoms with E-state index in [-0.39, 0.29) is 24.6 Å². The van der Waals surface area contributed by atoms with Gasteiger partial charge < -0.3 is 4.84 Å². The zero-order valence-electron chi connectivity index (χ0n) is 12.3. The smallest absolute Gasteiger partial charge is 0.294 e. The maximum Gasteiger partial charge on any atom is 0.294 e. The Balaban J connectivity index is 3.46. The molecule has 0 aromatic carbocycles. The third-order valence-corrected chi connectivity index (χ3v) is 3.06. The molecule has 0 fully saturated rings. The molecule has 0 rings (SSSR count). The van der Waals surface area contributed by atoms with Crippen molar-refractivity contribution in [1.82, 2.24) is 0 Å². The molecule has 0 amide bonds. The third kappa shape index (κ3) is 11.6. The largest absolute Gasteiger partial charge is 0.314 e. The van der Waals surface area contributed by atoms with Gasteiger partial charge >= 0.3 is 0 Å². The first kappa shape index (κ1) is 18.5. The normalized spacial score (nSPS) is 10.2. The number of hydrogen-bond acceptors (Lipinski definition) is 5. The van der Waals surface area contributed by atoms with E-state index in [4.69, 9.17) is 0 Å². The molecule has 0 spiro atoms. The average Bonchev–Trinajstić information content (AvgIpc) is 2.41. The van der Waals surface area contributed by atoms with Gasteiger partial charge in [0.05, 0.1) is 6.61 Å². The van der Waals surface area contributed by atoms with Crippen molar-refractivity contribution in [3.05, 3.63) is 10.1 Å². The van der Waals surface area contributed by atoms with E-state index in [1.54, 1.807) is 0 Å². The summed E-state index contributed by atoms with van der Waals surface area (Å²) in [6, 6.07) is 0. The minimum absolute atomic E-state index is 0.0482. The summed E-state index contributed by atoms with van der Waals surface area (Å²) in [6.45, 7) is 2.18. The molecule has 0 aliphatic carbocycles. The van der Waals surface area contributed by atoms with Crippen LogP contribution >= 0.6 is 0 Å². The Kier molecular flexibility index (Phi) is 11.7. The maximum atomic E-state index is 11.5. The van der Waals surface area contributed by atoms with Crippen LogP contribution in [0.4, 0.5) is 0 Å². The highest BCUT2D eigenvalue weighted by Crippen LogP contribution is 2.08. The molecule has 0 aliphatic heterocycles. The molecule has 0 aliphatic rings. The zero-order chi connectivity index (χ0) is 15.2. The standard InChI is InChI=1S/C14H25NO5/c1-2-3-4-5-7-10-13(16)14(17)11-8-6-9-12-20-15(18)19/h2-12H2,1H3. The van der Waals surface area contributed by atoms with Gasteiger partial charge in [0, 0.05) is 12.8 Å². The topological polar surface area (TPSA) is 86.5 Å². The van der Waals surface area contributed by atoms with Crippen molar-refractivity contribution in [3.8, 4) is 0 Å². The third-order valence-electron chi connectivity index (χ3n) is 3.06. The molecule has 0 radical (unpaired) electrons. The lowest BCUT2D eigenvalue weighted by Crippen LogP contribution is -2.13. The second-order valence-electron chi connectivity index (χ2n) is 4.88. The van der Waals surface area contributed by atoms with E-state index in [0.717, 1.165) is 25.7 Å². The summed E-state index contributed by atoms with van der Waals surface area (Å²) < 4.78 is 0. The number of rotatable bonds is 14. The van der Waals surface area contributed by atoms with Crippen molar-refractivity contribution in [3.63, 3.8) is 0 Å². The molecular weight excluding hydrogens is 262 g/mol. The Morgan fingerprint density at radius 3 is 1.90 bits per heavy atom. The van der Waals surface area contributed by atoms with Crippen LogP contribution in [-0.2, 0) is 14.4 Å². The Hall–Kier alpha value is -1.46. The van der Waals surface area contributed by atoms with Crippen LogP contribution in [0.3, 0.4) is 0 Å². The van der Waals surface area contributed by atoms with E-state index in [1.807, 2.05) is 0 Å². The Bertz CT molecular complexity index is 304. The quantitative estimate of drug-likeness (QED) is 0.212. The molecule has 0 N–H and O–H groups in total. The summed E-state index contributed by atoms with van der Waals surface area (Å²) in [4.78, 5) is 37.1. The van der Waals surface area contributed by atoms with Crippen LogP contribution in [0.25, 0.3) is 0 Å². The molecule has 0 unspecified atom stereocenters. The van der Waals surface area contributed by atoms with Crippen molar-refractivity contribution in [2.45, 2.75) is 71.1 Å². The Morgan fingerprint density at radius 2 is 1.40 bits per heavy atom. The van der Waals surface area contributed by atoms with Crippen LogP contribution in [0, 0.1) is 10.1 Å². The predicted octanol–water partition coefficient (Wildman–Crippen LogP) is 3.25. The Labute approximate surface area is 120 Å². The number of nitrogens with zero attached hydrogens (tertiary/aromatic N) is 1. The van der Waals surface area contributed by atoms with Crippen molar-refractivity contribution in [2.75, 3.05) is 6.61 Å². The first-order valence-corrected chi connectivity index (χ1v) is 7.41. The van der Waals surface area contributed by atoms with Crippen molar-refractivity contribution >= 4 is 11.6 Å². The zero-order valence-corrected chi connectivity index (χ0v) is 12.3. The molecule has 116 valence electrons. The van der Waals surface area contributed by atoms with Crippen molar-refractivity contribution in [2.24, 2.45) is 0 Å². The highest BCUT2D eigenvalue weighted by atomic mass is 16.9. The molecule has 0 bridgehead atoms. The molecule has 0 atom stereocenters. The number of hydrogen-bond donors (Lipinski definition) is 0. The first-order chi connectivity index (χ1) is 9.57. The predicted molar refractivity (Wildman–Crippen MR) is 74.8 cm³/mol. The summed E-state index contributed by atoms with van der Waals surface area (Å²) in [6.07, 6.45) is 7.62. The first-order valence-electron chi connectivity index (χ1n) is 7.41. The number of unbranched alkanes of at least 4 members (excludes halogenated alkanes) is 6. The van der Waals surface area contributed by atoms with Gasteiger partial charge in [0.15, 0.2) is 11.6 Å². The number of carbonyl (C=O) groups excluding carboxylic acids is 2. The molecular formula is C14H25NO5. The van der Waals surface area contributed by atoms with E-state index in [1.165, 1.54) is 6.42 Å². The van der Waals surface area contributed by atoms with Crippen LogP contribution in [0.5, 0.6) is 0 Å². The van der Waals surface area contributed by atoms with E-state index < -0.39 is 5.09 Å². The van der Waals surface area contributed by atoms with Gasteiger partial charge in [-0.25, -0.2) is 0 Å². The summed E-state index contributed by atoms with van der Waals surface area (Å²) in [5.41, 5.74) is 0. The van der Waals surface area contributed by atoms with Crippen LogP contribution in [0.15, 0.2) is 0 Å². The molecule has 6 nitrogen and oxygen atoms in total. The highest BCUT2D eigenvalue weighted by molar-refractivity contribution is 6.37. The fraction of sp³-hybridized carbons (Fsp3) is 0.857. The van der Waals surface area contributed by atoms with E-state index in [0.29, 0.717) is 25.7 Å². The van der Waals surface area contributed by atoms with Crippen LogP contribution < -0.4 is 0 Å². The minimum atomic E-state index is -0.826. The second kappa shape index (κ2) is 12.6. The SMILES string of the molecule is CCCCCCCC(=O)C(=O)CCCCCO[N+](=O)[O-]. The van der Waals surface area contributed by atoms with Gasteiger partial charge in [-0.3, -0.25) is 9.59 Å². The van der Waals surface area contributed by atoms with Gasteiger partial charge in [-0.1, -0.05) is 39.0 Å². The average molecular weight is 287 g/mol. The van der Waals surface area contributed by atoms with E-state index in [2.05, 4.69) is 11.8 Å². The number of carbonyl (C=O) groups is 2. The van der Waals surface area contributed by atoms with Crippen molar-refractivity contribution < 1.29 is 19.5 Å². The maximum absolute atomic E-state index is 11.5. The van der Waals surface area contributed by atoms with Crippen LogP contribution in [0.2, 0.25) is 0 Å². The molecule has 20 heavy (non-hydrogen) atoms. The summed E-state index contributed by atoms with van der Waals surface area (Å²) in [7, 11) is 0. The molecule has 0 saturated carbocycles. The fourth-order valence-electron chi connectivity index (χ4n) is 1.87. The van der Waals surface area contributed by atoms with Gasteiger partial charge in [0.1, 0.15) is 0 Å². The summed E-state index contributed by atoms with van der Waals surface area (Å²) >= 11 is 0. The lowest BCUT2D eigenvalue weighted by molar-refractivity contribution is -0.757. The van der Waals surface area contributed by atoms with Gasteiger partial charge in [-0.2, -0.15) is 0 Å². The number of ketones is 2. The number of Topliss-reactive ketones (excluding diaryl/α,β-unsaturated/α-hetero) is 2. The van der Waals surface area contributed by atoms with E-state index in [9.17, 15) is 19.7 Å². The lowest BCUT2D eigenvalue weighted by atomic mass is 10.0.